The van der Waals surface area contributed by atoms with Crippen molar-refractivity contribution in [3.63, 3.8) is 0 Å². The maximum Gasteiger partial charge on any atom is 0.128 e. The predicted octanol–water partition coefficient (Wildman–Crippen LogP) is 9.52. The fraction of sp³-hybridized carbons (Fsp3) is 0. The van der Waals surface area contributed by atoms with Crippen LogP contribution < -0.4 is 19.3 Å². The van der Waals surface area contributed by atoms with Gasteiger partial charge in [0.25, 0.3) is 0 Å². The van der Waals surface area contributed by atoms with E-state index in [0.717, 1.165) is 34.1 Å². The third-order valence-corrected chi connectivity index (χ3v) is 5.47. The lowest BCUT2D eigenvalue weighted by Gasteiger charge is -2.29. The molecule has 0 amide bonds. The number of benzene rings is 3. The van der Waals surface area contributed by atoms with Crippen LogP contribution in [-0.2, 0) is 0 Å². The molecule has 4 nitrogen and oxygen atoms in total. The number of ether oxygens (including phenoxy) is 2. The first kappa shape index (κ1) is 27.4. The molecule has 3 rings (SSSR count). The SMILES string of the molecule is C=C/C=C(\C=C)N(c1ccc(N(/C(C=C)=C/C=C)c2cccc(OC=C)c2)cc1)c1cccc(OC=C)c1. The van der Waals surface area contributed by atoms with Gasteiger partial charge in [0.2, 0.25) is 0 Å². The Hall–Kier alpha value is -5.22. The molecule has 0 bridgehead atoms. The van der Waals surface area contributed by atoms with E-state index in [1.54, 1.807) is 24.3 Å². The molecule has 0 spiro atoms. The summed E-state index contributed by atoms with van der Waals surface area (Å²) in [6.45, 7) is 23.1. The van der Waals surface area contributed by atoms with Crippen molar-refractivity contribution in [2.75, 3.05) is 9.80 Å². The maximum absolute atomic E-state index is 5.52. The molecule has 0 aliphatic carbocycles. The van der Waals surface area contributed by atoms with E-state index < -0.39 is 0 Å². The molecule has 0 saturated carbocycles. The summed E-state index contributed by atoms with van der Waals surface area (Å²) in [5.74, 6) is 1.36. The van der Waals surface area contributed by atoms with Crippen LogP contribution in [0.3, 0.4) is 0 Å². The lowest BCUT2D eigenvalue weighted by molar-refractivity contribution is 0.483. The van der Waals surface area contributed by atoms with Gasteiger partial charge < -0.3 is 19.3 Å². The normalized spacial score (nSPS) is 11.1. The molecule has 0 aliphatic heterocycles. The number of allylic oxidation sites excluding steroid dienone is 6. The lowest BCUT2D eigenvalue weighted by atomic mass is 10.1. The average molecular weight is 501 g/mol. The minimum Gasteiger partial charge on any atom is -0.466 e. The van der Waals surface area contributed by atoms with Gasteiger partial charge in [0.15, 0.2) is 0 Å². The van der Waals surface area contributed by atoms with Crippen LogP contribution in [0.15, 0.2) is 173 Å². The van der Waals surface area contributed by atoms with Gasteiger partial charge in [0.1, 0.15) is 11.5 Å². The third-order valence-electron chi connectivity index (χ3n) is 5.47. The minimum absolute atomic E-state index is 0.680. The molecule has 0 heterocycles. The highest BCUT2D eigenvalue weighted by molar-refractivity contribution is 5.76. The third kappa shape index (κ3) is 6.50. The Morgan fingerprint density at radius 1 is 0.526 bits per heavy atom. The Balaban J connectivity index is 2.14. The molecule has 0 fully saturated rings. The van der Waals surface area contributed by atoms with Gasteiger partial charge in [-0.05, 0) is 72.8 Å². The summed E-state index contributed by atoms with van der Waals surface area (Å²) in [4.78, 5) is 4.15. The second-order valence-electron chi connectivity index (χ2n) is 7.81. The van der Waals surface area contributed by atoms with Crippen LogP contribution in [0.1, 0.15) is 0 Å². The van der Waals surface area contributed by atoms with E-state index in [9.17, 15) is 0 Å². The highest BCUT2D eigenvalue weighted by Crippen LogP contribution is 2.37. The molecule has 0 aromatic heterocycles. The Labute approximate surface area is 226 Å². The van der Waals surface area contributed by atoms with Crippen molar-refractivity contribution in [2.24, 2.45) is 0 Å². The summed E-state index contributed by atoms with van der Waals surface area (Å²) in [7, 11) is 0. The van der Waals surface area contributed by atoms with Crippen molar-refractivity contribution >= 4 is 22.7 Å². The molecule has 0 saturated heterocycles. The fourth-order valence-electron chi connectivity index (χ4n) is 3.94. The zero-order valence-electron chi connectivity index (χ0n) is 21.5. The molecule has 0 radical (unpaired) electrons. The first-order valence-electron chi connectivity index (χ1n) is 12.0. The molecule has 0 atom stereocenters. The van der Waals surface area contributed by atoms with Gasteiger partial charge >= 0.3 is 0 Å². The molecule has 3 aromatic carbocycles. The van der Waals surface area contributed by atoms with Crippen LogP contribution in [-0.4, -0.2) is 0 Å². The van der Waals surface area contributed by atoms with E-state index >= 15 is 0 Å². The Kier molecular flexibility index (Phi) is 9.91. The van der Waals surface area contributed by atoms with Crippen LogP contribution in [0.4, 0.5) is 22.7 Å². The zero-order chi connectivity index (χ0) is 27.3. The Bertz CT molecular complexity index is 1270. The molecule has 0 aliphatic rings. The summed E-state index contributed by atoms with van der Waals surface area (Å²) in [6, 6.07) is 23.7. The number of hydrogen-bond acceptors (Lipinski definition) is 4. The summed E-state index contributed by atoms with van der Waals surface area (Å²) in [5.41, 5.74) is 5.35. The number of hydrogen-bond donors (Lipinski definition) is 0. The van der Waals surface area contributed by atoms with Crippen LogP contribution in [0, 0.1) is 0 Å². The fourth-order valence-corrected chi connectivity index (χ4v) is 3.94. The molecule has 0 unspecified atom stereocenters. The lowest BCUT2D eigenvalue weighted by Crippen LogP contribution is -2.17. The molecular weight excluding hydrogens is 468 g/mol. The smallest absolute Gasteiger partial charge is 0.128 e. The molecule has 0 N–H and O–H groups in total. The van der Waals surface area contributed by atoms with Crippen LogP contribution in [0.25, 0.3) is 0 Å². The first-order valence-corrected chi connectivity index (χ1v) is 12.0. The van der Waals surface area contributed by atoms with Crippen LogP contribution in [0.2, 0.25) is 0 Å². The molecular formula is C34H32N2O2. The van der Waals surface area contributed by atoms with E-state index in [2.05, 4.69) is 49.3 Å². The van der Waals surface area contributed by atoms with E-state index in [-0.39, 0.29) is 0 Å². The van der Waals surface area contributed by atoms with Crippen molar-refractivity contribution < 1.29 is 9.47 Å². The van der Waals surface area contributed by atoms with Gasteiger partial charge in [-0.2, -0.15) is 0 Å². The summed E-state index contributed by atoms with van der Waals surface area (Å²) in [5, 5.41) is 0. The van der Waals surface area contributed by atoms with Gasteiger partial charge in [-0.15, -0.1) is 0 Å². The van der Waals surface area contributed by atoms with Crippen LogP contribution >= 0.6 is 0 Å². The van der Waals surface area contributed by atoms with Gasteiger partial charge in [-0.1, -0.05) is 63.8 Å². The highest BCUT2D eigenvalue weighted by Gasteiger charge is 2.17. The van der Waals surface area contributed by atoms with Crippen molar-refractivity contribution in [2.45, 2.75) is 0 Å². The number of rotatable bonds is 14. The first-order chi connectivity index (χ1) is 18.6. The summed E-state index contributed by atoms with van der Waals surface area (Å²) >= 11 is 0. The molecule has 4 heteroatoms. The quantitative estimate of drug-likeness (QED) is 0.162. The van der Waals surface area contributed by atoms with E-state index in [1.807, 2.05) is 84.9 Å². The van der Waals surface area contributed by atoms with Gasteiger partial charge in [0.05, 0.1) is 12.5 Å². The highest BCUT2D eigenvalue weighted by atomic mass is 16.5. The predicted molar refractivity (Wildman–Crippen MR) is 162 cm³/mol. The minimum atomic E-state index is 0.680. The topological polar surface area (TPSA) is 24.9 Å². The molecule has 190 valence electrons. The maximum atomic E-state index is 5.52. The molecule has 38 heavy (non-hydrogen) atoms. The number of anilines is 4. The van der Waals surface area contributed by atoms with E-state index in [1.165, 1.54) is 12.5 Å². The van der Waals surface area contributed by atoms with Crippen molar-refractivity contribution in [3.8, 4) is 11.5 Å². The van der Waals surface area contributed by atoms with Crippen molar-refractivity contribution in [3.05, 3.63) is 173 Å². The Morgan fingerprint density at radius 3 is 1.24 bits per heavy atom. The molecule has 3 aromatic rings. The second kappa shape index (κ2) is 13.8. The van der Waals surface area contributed by atoms with E-state index in [0.29, 0.717) is 11.5 Å². The van der Waals surface area contributed by atoms with E-state index in [4.69, 9.17) is 9.47 Å². The summed E-state index contributed by atoms with van der Waals surface area (Å²) < 4.78 is 11.0. The standard InChI is InChI=1S/C34H32N2O2/c1-7-15-27(9-3)35(31-17-13-19-33(25-31)37-11-5)29-21-23-30(24-22-29)36(28(10-4)16-8-2)32-18-14-20-34(26-32)38-12-6/h7-26H,1-6H2/b27-15+,28-16+. The largest absolute Gasteiger partial charge is 0.466 e. The van der Waals surface area contributed by atoms with Crippen LogP contribution in [0.5, 0.6) is 11.5 Å². The Morgan fingerprint density at radius 2 is 0.921 bits per heavy atom. The van der Waals surface area contributed by atoms with Crippen molar-refractivity contribution in [1.29, 1.82) is 0 Å². The number of nitrogens with zero attached hydrogens (tertiary/aromatic N) is 2. The van der Waals surface area contributed by atoms with Gasteiger partial charge in [-0.25, -0.2) is 0 Å². The average Bonchev–Trinajstić information content (AvgIpc) is 2.94. The monoisotopic (exact) mass is 500 g/mol. The van der Waals surface area contributed by atoms with Gasteiger partial charge in [-0.3, -0.25) is 0 Å². The zero-order valence-corrected chi connectivity index (χ0v) is 21.5. The van der Waals surface area contributed by atoms with Crippen molar-refractivity contribution in [1.82, 2.24) is 0 Å². The van der Waals surface area contributed by atoms with Gasteiger partial charge in [0, 0.05) is 46.3 Å². The summed E-state index contributed by atoms with van der Waals surface area (Å²) in [6.07, 6.45) is 13.7. The second-order valence-corrected chi connectivity index (χ2v) is 7.81.